The summed E-state index contributed by atoms with van der Waals surface area (Å²) in [5.74, 6) is 0.356. The molecule has 146 valence electrons. The number of carbonyl (C=O) groups excluding carboxylic acids is 2. The van der Waals surface area contributed by atoms with E-state index in [0.29, 0.717) is 16.0 Å². The molecule has 0 unspecified atom stereocenters. The molecule has 3 rings (SSSR count). The molecule has 0 aliphatic heterocycles. The summed E-state index contributed by atoms with van der Waals surface area (Å²) < 4.78 is 6.48. The topological polar surface area (TPSA) is 99.0 Å². The van der Waals surface area contributed by atoms with Gasteiger partial charge in [-0.1, -0.05) is 36.0 Å². The van der Waals surface area contributed by atoms with Gasteiger partial charge in [-0.25, -0.2) is 4.98 Å². The Morgan fingerprint density at radius 1 is 1.29 bits per heavy atom. The second-order valence-corrected chi connectivity index (χ2v) is 7.71. The van der Waals surface area contributed by atoms with Crippen LogP contribution in [0.1, 0.15) is 11.3 Å². The fraction of sp³-hybridized carbons (Fsp3) is 0.278. The molecule has 1 amide bonds. The summed E-state index contributed by atoms with van der Waals surface area (Å²) in [6.07, 6.45) is 0.0816. The number of benzene rings is 1. The number of hydrogen-bond acceptors (Lipinski definition) is 8. The summed E-state index contributed by atoms with van der Waals surface area (Å²) in [5.41, 5.74) is 2.68. The number of amides is 1. The van der Waals surface area contributed by atoms with Crippen molar-refractivity contribution in [1.82, 2.24) is 19.7 Å². The van der Waals surface area contributed by atoms with Crippen molar-refractivity contribution < 1.29 is 14.3 Å². The SMILES string of the molecule is COC(=O)Cc1csc(NC(=O)CSc2nnc(-c3ccccc3C)n2C)n1. The van der Waals surface area contributed by atoms with Gasteiger partial charge in [-0.3, -0.25) is 9.59 Å². The lowest BCUT2D eigenvalue weighted by Crippen LogP contribution is -2.14. The number of esters is 1. The molecule has 1 N–H and O–H groups in total. The van der Waals surface area contributed by atoms with Gasteiger partial charge in [0.2, 0.25) is 5.91 Å². The van der Waals surface area contributed by atoms with Crippen LogP contribution in [0.2, 0.25) is 0 Å². The molecule has 2 aromatic heterocycles. The Morgan fingerprint density at radius 2 is 2.07 bits per heavy atom. The molecule has 0 atom stereocenters. The van der Waals surface area contributed by atoms with Crippen molar-refractivity contribution in [3.8, 4) is 11.4 Å². The molecule has 28 heavy (non-hydrogen) atoms. The van der Waals surface area contributed by atoms with E-state index in [1.165, 1.54) is 30.2 Å². The van der Waals surface area contributed by atoms with Crippen LogP contribution in [0, 0.1) is 6.92 Å². The molecular weight excluding hydrogens is 398 g/mol. The van der Waals surface area contributed by atoms with Crippen molar-refractivity contribution in [2.75, 3.05) is 18.2 Å². The molecule has 2 heterocycles. The molecule has 8 nitrogen and oxygen atoms in total. The molecule has 0 spiro atoms. The van der Waals surface area contributed by atoms with Crippen LogP contribution in [0.5, 0.6) is 0 Å². The Balaban J connectivity index is 1.58. The third-order valence-electron chi connectivity index (χ3n) is 3.90. The lowest BCUT2D eigenvalue weighted by molar-refractivity contribution is -0.139. The first kappa shape index (κ1) is 20.0. The highest BCUT2D eigenvalue weighted by atomic mass is 32.2. The first-order valence-electron chi connectivity index (χ1n) is 8.37. The number of aryl methyl sites for hydroxylation is 1. The number of aromatic nitrogens is 4. The highest BCUT2D eigenvalue weighted by Gasteiger charge is 2.15. The fourth-order valence-electron chi connectivity index (χ4n) is 2.45. The molecule has 1 aromatic carbocycles. The number of anilines is 1. The zero-order chi connectivity index (χ0) is 20.1. The third kappa shape index (κ3) is 4.76. The van der Waals surface area contributed by atoms with E-state index >= 15 is 0 Å². The van der Waals surface area contributed by atoms with E-state index < -0.39 is 0 Å². The minimum atomic E-state index is -0.370. The minimum Gasteiger partial charge on any atom is -0.469 e. The molecule has 0 aliphatic rings. The number of methoxy groups -OCH3 is 1. The minimum absolute atomic E-state index is 0.0816. The second-order valence-electron chi connectivity index (χ2n) is 5.91. The van der Waals surface area contributed by atoms with Crippen LogP contribution in [-0.2, 0) is 27.8 Å². The molecule has 0 fully saturated rings. The van der Waals surface area contributed by atoms with Crippen LogP contribution in [0.3, 0.4) is 0 Å². The lowest BCUT2D eigenvalue weighted by atomic mass is 10.1. The maximum absolute atomic E-state index is 12.2. The zero-order valence-electron chi connectivity index (χ0n) is 15.6. The summed E-state index contributed by atoms with van der Waals surface area (Å²) in [6, 6.07) is 7.95. The summed E-state index contributed by atoms with van der Waals surface area (Å²) in [7, 11) is 3.20. The van der Waals surface area contributed by atoms with Gasteiger partial charge in [0, 0.05) is 18.0 Å². The van der Waals surface area contributed by atoms with Crippen LogP contribution in [0.15, 0.2) is 34.8 Å². The third-order valence-corrected chi connectivity index (χ3v) is 5.73. The Bertz CT molecular complexity index is 999. The molecule has 0 bridgehead atoms. The lowest BCUT2D eigenvalue weighted by Gasteiger charge is -2.06. The summed E-state index contributed by atoms with van der Waals surface area (Å²) in [6.45, 7) is 2.02. The first-order chi connectivity index (χ1) is 13.5. The Kier molecular flexibility index (Phi) is 6.42. The largest absolute Gasteiger partial charge is 0.469 e. The van der Waals surface area contributed by atoms with Crippen LogP contribution in [-0.4, -0.2) is 44.5 Å². The van der Waals surface area contributed by atoms with E-state index in [0.717, 1.165) is 17.0 Å². The van der Waals surface area contributed by atoms with Crippen LogP contribution in [0.4, 0.5) is 5.13 Å². The van der Waals surface area contributed by atoms with Gasteiger partial charge >= 0.3 is 5.97 Å². The average molecular weight is 418 g/mol. The quantitative estimate of drug-likeness (QED) is 0.466. The van der Waals surface area contributed by atoms with E-state index in [-0.39, 0.29) is 24.1 Å². The number of carbonyl (C=O) groups is 2. The highest BCUT2D eigenvalue weighted by molar-refractivity contribution is 7.99. The van der Waals surface area contributed by atoms with Gasteiger partial charge in [-0.15, -0.1) is 21.5 Å². The molecule has 10 heteroatoms. The van der Waals surface area contributed by atoms with Gasteiger partial charge in [0.1, 0.15) is 0 Å². The number of nitrogens with one attached hydrogen (secondary N) is 1. The van der Waals surface area contributed by atoms with Gasteiger partial charge in [0.05, 0.1) is 25.0 Å². The smallest absolute Gasteiger partial charge is 0.311 e. The highest BCUT2D eigenvalue weighted by Crippen LogP contribution is 2.25. The molecule has 0 aliphatic carbocycles. The Hall–Kier alpha value is -2.72. The standard InChI is InChI=1S/C18H19N5O3S2/c1-11-6-4-5-7-13(11)16-21-22-18(23(16)2)28-10-14(24)20-17-19-12(9-27-17)8-15(25)26-3/h4-7,9H,8,10H2,1-3H3,(H,19,20,24). The predicted octanol–water partition coefficient (Wildman–Crippen LogP) is 2.69. The number of nitrogens with zero attached hydrogens (tertiary/aromatic N) is 4. The van der Waals surface area contributed by atoms with Crippen LogP contribution < -0.4 is 5.32 Å². The molecular formula is C18H19N5O3S2. The Morgan fingerprint density at radius 3 is 2.82 bits per heavy atom. The van der Waals surface area contributed by atoms with E-state index in [1.54, 1.807) is 5.38 Å². The molecule has 3 aromatic rings. The van der Waals surface area contributed by atoms with Gasteiger partial charge in [0.15, 0.2) is 16.1 Å². The van der Waals surface area contributed by atoms with Gasteiger partial charge in [0.25, 0.3) is 0 Å². The second kappa shape index (κ2) is 8.98. The van der Waals surface area contributed by atoms with Gasteiger partial charge in [-0.05, 0) is 12.5 Å². The number of thioether (sulfide) groups is 1. The van der Waals surface area contributed by atoms with E-state index in [2.05, 4.69) is 25.2 Å². The van der Waals surface area contributed by atoms with Crippen molar-refractivity contribution in [2.24, 2.45) is 7.05 Å². The fourth-order valence-corrected chi connectivity index (χ4v) is 3.89. The number of hydrogen-bond donors (Lipinski definition) is 1. The summed E-state index contributed by atoms with van der Waals surface area (Å²) in [4.78, 5) is 27.7. The van der Waals surface area contributed by atoms with Gasteiger partial charge < -0.3 is 14.6 Å². The number of thiazole rings is 1. The molecule has 0 radical (unpaired) electrons. The maximum Gasteiger partial charge on any atom is 0.311 e. The predicted molar refractivity (Wildman–Crippen MR) is 108 cm³/mol. The molecule has 0 saturated carbocycles. The van der Waals surface area contributed by atoms with E-state index in [9.17, 15) is 9.59 Å². The van der Waals surface area contributed by atoms with Crippen molar-refractivity contribution in [1.29, 1.82) is 0 Å². The van der Waals surface area contributed by atoms with Crippen LogP contribution >= 0.6 is 23.1 Å². The van der Waals surface area contributed by atoms with Crippen LogP contribution in [0.25, 0.3) is 11.4 Å². The van der Waals surface area contributed by atoms with E-state index in [1.807, 2.05) is 42.8 Å². The normalized spacial score (nSPS) is 10.7. The van der Waals surface area contributed by atoms with Crippen molar-refractivity contribution in [3.63, 3.8) is 0 Å². The van der Waals surface area contributed by atoms with Crippen molar-refractivity contribution in [3.05, 3.63) is 40.9 Å². The zero-order valence-corrected chi connectivity index (χ0v) is 17.3. The van der Waals surface area contributed by atoms with Crippen molar-refractivity contribution in [2.45, 2.75) is 18.5 Å². The van der Waals surface area contributed by atoms with E-state index in [4.69, 9.17) is 0 Å². The number of ether oxygens (including phenoxy) is 1. The number of rotatable bonds is 7. The molecule has 0 saturated heterocycles. The monoisotopic (exact) mass is 417 g/mol. The first-order valence-corrected chi connectivity index (χ1v) is 10.2. The summed E-state index contributed by atoms with van der Waals surface area (Å²) in [5, 5.41) is 14.0. The summed E-state index contributed by atoms with van der Waals surface area (Å²) >= 11 is 2.56. The Labute approximate surface area is 170 Å². The van der Waals surface area contributed by atoms with Gasteiger partial charge in [-0.2, -0.15) is 0 Å². The maximum atomic E-state index is 12.2. The van der Waals surface area contributed by atoms with Crippen molar-refractivity contribution >= 4 is 40.1 Å². The average Bonchev–Trinajstić information content (AvgIpc) is 3.26.